The Hall–Kier alpha value is -1.26. The molecule has 0 amide bonds. The van der Waals surface area contributed by atoms with Crippen LogP contribution in [0.1, 0.15) is 35.5 Å². The zero-order valence-corrected chi connectivity index (χ0v) is 11.0. The molecule has 0 aliphatic rings. The van der Waals surface area contributed by atoms with E-state index < -0.39 is 0 Å². The Kier molecular flexibility index (Phi) is 4.23. The summed E-state index contributed by atoms with van der Waals surface area (Å²) in [6, 6.07) is 6.24. The maximum Gasteiger partial charge on any atom is 0.107 e. The average Bonchev–Trinajstić information content (AvgIpc) is 2.85. The second kappa shape index (κ2) is 5.89. The number of hydrogen-bond acceptors (Lipinski definition) is 4. The molecule has 17 heavy (non-hydrogen) atoms. The summed E-state index contributed by atoms with van der Waals surface area (Å²) < 4.78 is 0. The van der Waals surface area contributed by atoms with Crippen molar-refractivity contribution in [3.8, 4) is 0 Å². The number of nitrogens with zero attached hydrogens (tertiary/aromatic N) is 2. The largest absolute Gasteiger partial charge is 0.302 e. The molecule has 0 aliphatic heterocycles. The second-order valence-corrected chi connectivity index (χ2v) is 5.13. The number of rotatable bonds is 5. The van der Waals surface area contributed by atoms with Crippen LogP contribution in [0.15, 0.2) is 30.6 Å². The quantitative estimate of drug-likeness (QED) is 0.882. The molecule has 0 spiro atoms. The summed E-state index contributed by atoms with van der Waals surface area (Å²) in [6.45, 7) is 5.08. The topological polar surface area (TPSA) is 37.8 Å². The lowest BCUT2D eigenvalue weighted by Crippen LogP contribution is -2.18. The minimum atomic E-state index is 0.255. The van der Waals surface area contributed by atoms with E-state index in [1.807, 2.05) is 30.6 Å². The molecule has 1 N–H and O–H groups in total. The van der Waals surface area contributed by atoms with Gasteiger partial charge in [-0.25, -0.2) is 4.98 Å². The predicted octanol–water partition coefficient (Wildman–Crippen LogP) is 2.95. The van der Waals surface area contributed by atoms with Gasteiger partial charge in [0.05, 0.1) is 5.69 Å². The van der Waals surface area contributed by atoms with Crippen LogP contribution in [-0.2, 0) is 13.0 Å². The van der Waals surface area contributed by atoms with E-state index in [9.17, 15) is 0 Å². The predicted molar refractivity (Wildman–Crippen MR) is 71.0 cm³/mol. The van der Waals surface area contributed by atoms with Crippen LogP contribution in [0, 0.1) is 0 Å². The van der Waals surface area contributed by atoms with Crippen LogP contribution in [0.3, 0.4) is 0 Å². The monoisotopic (exact) mass is 247 g/mol. The number of aromatic nitrogens is 2. The summed E-state index contributed by atoms with van der Waals surface area (Å²) in [4.78, 5) is 10.1. The Morgan fingerprint density at radius 1 is 1.35 bits per heavy atom. The van der Waals surface area contributed by atoms with E-state index in [1.165, 1.54) is 4.88 Å². The molecular formula is C13H17N3S. The first-order chi connectivity index (χ1) is 8.29. The van der Waals surface area contributed by atoms with Crippen LogP contribution in [0.25, 0.3) is 0 Å². The van der Waals surface area contributed by atoms with Gasteiger partial charge in [0, 0.05) is 29.9 Å². The smallest absolute Gasteiger partial charge is 0.107 e. The molecule has 3 nitrogen and oxygen atoms in total. The highest BCUT2D eigenvalue weighted by Crippen LogP contribution is 2.15. The van der Waals surface area contributed by atoms with Crippen molar-refractivity contribution in [3.63, 3.8) is 0 Å². The van der Waals surface area contributed by atoms with Crippen molar-refractivity contribution in [2.45, 2.75) is 32.9 Å². The van der Waals surface area contributed by atoms with E-state index in [0.717, 1.165) is 23.7 Å². The summed E-state index contributed by atoms with van der Waals surface area (Å²) in [6.07, 6.45) is 4.85. The van der Waals surface area contributed by atoms with Crippen LogP contribution in [0.5, 0.6) is 0 Å². The summed E-state index contributed by atoms with van der Waals surface area (Å²) in [5.41, 5.74) is 1.07. The fraction of sp³-hybridized carbons (Fsp3) is 0.385. The first-order valence-corrected chi connectivity index (χ1v) is 6.69. The minimum Gasteiger partial charge on any atom is -0.302 e. The lowest BCUT2D eigenvalue weighted by Gasteiger charge is -2.11. The molecule has 0 saturated heterocycles. The zero-order valence-electron chi connectivity index (χ0n) is 10.2. The maximum absolute atomic E-state index is 4.39. The van der Waals surface area contributed by atoms with E-state index in [-0.39, 0.29) is 6.04 Å². The summed E-state index contributed by atoms with van der Waals surface area (Å²) in [7, 11) is 0. The van der Waals surface area contributed by atoms with Crippen LogP contribution >= 0.6 is 11.3 Å². The molecule has 0 bridgehead atoms. The fourth-order valence-corrected chi connectivity index (χ4v) is 2.38. The van der Waals surface area contributed by atoms with Gasteiger partial charge in [-0.05, 0) is 25.5 Å². The molecule has 0 fully saturated rings. The molecule has 2 aromatic heterocycles. The molecule has 1 unspecified atom stereocenters. The van der Waals surface area contributed by atoms with Gasteiger partial charge in [-0.1, -0.05) is 13.0 Å². The lowest BCUT2D eigenvalue weighted by molar-refractivity contribution is 0.560. The molecule has 0 saturated carbocycles. The minimum absolute atomic E-state index is 0.255. The van der Waals surface area contributed by atoms with E-state index in [1.54, 1.807) is 11.3 Å². The second-order valence-electron chi connectivity index (χ2n) is 3.93. The highest BCUT2D eigenvalue weighted by atomic mass is 32.1. The Morgan fingerprint density at radius 2 is 2.24 bits per heavy atom. The van der Waals surface area contributed by atoms with Crippen molar-refractivity contribution in [2.24, 2.45) is 0 Å². The fourth-order valence-electron chi connectivity index (χ4n) is 1.57. The molecule has 0 aromatic carbocycles. The lowest BCUT2D eigenvalue weighted by atomic mass is 10.2. The van der Waals surface area contributed by atoms with Gasteiger partial charge in [-0.15, -0.1) is 11.3 Å². The van der Waals surface area contributed by atoms with Crippen LogP contribution in [0.4, 0.5) is 0 Å². The Bertz CT molecular complexity index is 453. The van der Waals surface area contributed by atoms with Crippen molar-refractivity contribution in [3.05, 3.63) is 46.2 Å². The van der Waals surface area contributed by atoms with Crippen molar-refractivity contribution < 1.29 is 0 Å². The summed E-state index contributed by atoms with van der Waals surface area (Å²) >= 11 is 1.78. The Balaban J connectivity index is 1.90. The number of nitrogens with one attached hydrogen (secondary N) is 1. The normalized spacial score (nSPS) is 12.6. The van der Waals surface area contributed by atoms with Gasteiger partial charge >= 0.3 is 0 Å². The highest BCUT2D eigenvalue weighted by molar-refractivity contribution is 7.11. The summed E-state index contributed by atoms with van der Waals surface area (Å²) in [5.74, 6) is 0. The van der Waals surface area contributed by atoms with Gasteiger partial charge in [0.2, 0.25) is 0 Å². The van der Waals surface area contributed by atoms with Crippen LogP contribution < -0.4 is 5.32 Å². The van der Waals surface area contributed by atoms with E-state index in [4.69, 9.17) is 0 Å². The van der Waals surface area contributed by atoms with Crippen molar-refractivity contribution in [1.29, 1.82) is 0 Å². The Labute approximate surface area is 106 Å². The standard InChI is InChI=1S/C13H17N3S/c1-3-11-8-16-13(17-11)9-15-10(2)12-6-4-5-7-14-12/h4-8,10,15H,3,9H2,1-2H3. The van der Waals surface area contributed by atoms with Gasteiger partial charge in [0.25, 0.3) is 0 Å². The number of hydrogen-bond donors (Lipinski definition) is 1. The third-order valence-electron chi connectivity index (χ3n) is 2.64. The number of aryl methyl sites for hydroxylation is 1. The van der Waals surface area contributed by atoms with E-state index >= 15 is 0 Å². The van der Waals surface area contributed by atoms with Gasteiger partial charge in [0.1, 0.15) is 5.01 Å². The third kappa shape index (κ3) is 3.35. The van der Waals surface area contributed by atoms with E-state index in [2.05, 4.69) is 29.1 Å². The van der Waals surface area contributed by atoms with Gasteiger partial charge in [0.15, 0.2) is 0 Å². The summed E-state index contributed by atoms with van der Waals surface area (Å²) in [5, 5.41) is 4.58. The third-order valence-corrected chi connectivity index (χ3v) is 3.78. The van der Waals surface area contributed by atoms with Gasteiger partial charge < -0.3 is 5.32 Å². The average molecular weight is 247 g/mol. The molecule has 2 aromatic rings. The van der Waals surface area contributed by atoms with Crippen LogP contribution in [0.2, 0.25) is 0 Å². The highest BCUT2D eigenvalue weighted by Gasteiger charge is 2.07. The maximum atomic E-state index is 4.39. The molecule has 0 radical (unpaired) electrons. The van der Waals surface area contributed by atoms with E-state index in [0.29, 0.717) is 0 Å². The molecule has 1 atom stereocenters. The molecule has 2 heterocycles. The zero-order chi connectivity index (χ0) is 12.1. The van der Waals surface area contributed by atoms with Crippen molar-refractivity contribution in [1.82, 2.24) is 15.3 Å². The number of pyridine rings is 1. The van der Waals surface area contributed by atoms with Gasteiger partial charge in [-0.2, -0.15) is 0 Å². The van der Waals surface area contributed by atoms with Gasteiger partial charge in [-0.3, -0.25) is 4.98 Å². The molecule has 0 aliphatic carbocycles. The Morgan fingerprint density at radius 3 is 2.88 bits per heavy atom. The first-order valence-electron chi connectivity index (χ1n) is 5.87. The molecule has 4 heteroatoms. The number of thiazole rings is 1. The SMILES string of the molecule is CCc1cnc(CNC(C)c2ccccn2)s1. The molecular weight excluding hydrogens is 230 g/mol. The molecule has 2 rings (SSSR count). The first kappa shape index (κ1) is 12.2. The molecule has 90 valence electrons. The van der Waals surface area contributed by atoms with Crippen LogP contribution in [-0.4, -0.2) is 9.97 Å². The van der Waals surface area contributed by atoms with Crippen molar-refractivity contribution in [2.75, 3.05) is 0 Å². The van der Waals surface area contributed by atoms with Crippen molar-refractivity contribution >= 4 is 11.3 Å².